The third-order valence-electron chi connectivity index (χ3n) is 4.21. The van der Waals surface area contributed by atoms with Crippen molar-refractivity contribution >= 4 is 17.5 Å². The topological polar surface area (TPSA) is 58.6 Å². The van der Waals surface area contributed by atoms with Crippen molar-refractivity contribution in [2.45, 2.75) is 26.3 Å². The fourth-order valence-electron chi connectivity index (χ4n) is 2.93. The number of nitrogens with one attached hydrogen (secondary N) is 1. The number of ether oxygens (including phenoxy) is 1. The van der Waals surface area contributed by atoms with Crippen LogP contribution in [0, 0.1) is 0 Å². The van der Waals surface area contributed by atoms with E-state index >= 15 is 0 Å². The van der Waals surface area contributed by atoms with Crippen molar-refractivity contribution < 1.29 is 14.3 Å². The summed E-state index contributed by atoms with van der Waals surface area (Å²) >= 11 is 0. The van der Waals surface area contributed by atoms with Gasteiger partial charge in [0.15, 0.2) is 0 Å². The van der Waals surface area contributed by atoms with E-state index in [0.29, 0.717) is 30.9 Å². The molecule has 0 unspecified atom stereocenters. The largest absolute Gasteiger partial charge is 0.493 e. The van der Waals surface area contributed by atoms with Crippen molar-refractivity contribution in [1.29, 1.82) is 0 Å². The molecule has 1 aliphatic rings. The Morgan fingerprint density at radius 3 is 2.60 bits per heavy atom. The molecule has 2 aromatic rings. The first-order valence-electron chi connectivity index (χ1n) is 8.58. The van der Waals surface area contributed by atoms with Crippen LogP contribution in [0.1, 0.15) is 35.7 Å². The van der Waals surface area contributed by atoms with Gasteiger partial charge in [0.05, 0.1) is 12.2 Å². The molecule has 0 saturated carbocycles. The minimum Gasteiger partial charge on any atom is -0.493 e. The third kappa shape index (κ3) is 3.99. The number of rotatable bonds is 6. The summed E-state index contributed by atoms with van der Waals surface area (Å²) in [5.74, 6) is 0.599. The predicted octanol–water partition coefficient (Wildman–Crippen LogP) is 3.14. The number of amides is 2. The lowest BCUT2D eigenvalue weighted by Crippen LogP contribution is -2.24. The minimum atomic E-state index is -0.164. The van der Waals surface area contributed by atoms with Crippen molar-refractivity contribution in [2.24, 2.45) is 0 Å². The van der Waals surface area contributed by atoms with Crippen LogP contribution in [0.15, 0.2) is 48.5 Å². The molecule has 1 saturated heterocycles. The Bertz CT molecular complexity index is 756. The molecule has 0 radical (unpaired) electrons. The molecule has 0 aliphatic carbocycles. The van der Waals surface area contributed by atoms with Crippen LogP contribution in [0.25, 0.3) is 0 Å². The van der Waals surface area contributed by atoms with Crippen molar-refractivity contribution in [1.82, 2.24) is 5.32 Å². The monoisotopic (exact) mass is 338 g/mol. The Kier molecular flexibility index (Phi) is 5.33. The Labute approximate surface area is 147 Å². The van der Waals surface area contributed by atoms with E-state index in [1.165, 1.54) is 0 Å². The van der Waals surface area contributed by atoms with Gasteiger partial charge >= 0.3 is 0 Å². The van der Waals surface area contributed by atoms with Crippen molar-refractivity contribution in [3.8, 4) is 5.75 Å². The number of para-hydroxylation sites is 1. The average Bonchev–Trinajstić information content (AvgIpc) is 3.07. The summed E-state index contributed by atoms with van der Waals surface area (Å²) in [6, 6.07) is 14.9. The standard InChI is InChI=1S/C20H22N2O3/c1-2-25-18-7-4-3-6-17(18)20(24)21-14-15-9-11-16(12-10-15)22-13-5-8-19(22)23/h3-4,6-7,9-12H,2,5,8,13-14H2,1H3,(H,21,24). The second-order valence-corrected chi connectivity index (χ2v) is 5.93. The second-order valence-electron chi connectivity index (χ2n) is 5.93. The Hall–Kier alpha value is -2.82. The van der Waals surface area contributed by atoms with Gasteiger partial charge < -0.3 is 15.0 Å². The second kappa shape index (κ2) is 7.83. The molecule has 2 amide bonds. The normalized spacial score (nSPS) is 13.8. The number of benzene rings is 2. The molecule has 5 heteroatoms. The van der Waals surface area contributed by atoms with Gasteiger partial charge in [-0.25, -0.2) is 0 Å². The lowest BCUT2D eigenvalue weighted by molar-refractivity contribution is -0.117. The number of carbonyl (C=O) groups excluding carboxylic acids is 2. The van der Waals surface area contributed by atoms with Crippen LogP contribution in [-0.2, 0) is 11.3 Å². The maximum absolute atomic E-state index is 12.4. The SMILES string of the molecule is CCOc1ccccc1C(=O)NCc1ccc(N2CCCC2=O)cc1. The van der Waals surface area contributed by atoms with Gasteiger partial charge in [0, 0.05) is 25.2 Å². The molecule has 1 N–H and O–H groups in total. The van der Waals surface area contributed by atoms with Crippen LogP contribution in [0.4, 0.5) is 5.69 Å². The summed E-state index contributed by atoms with van der Waals surface area (Å²) < 4.78 is 5.49. The number of hydrogen-bond acceptors (Lipinski definition) is 3. The highest BCUT2D eigenvalue weighted by Crippen LogP contribution is 2.22. The van der Waals surface area contributed by atoms with E-state index in [0.717, 1.165) is 24.2 Å². The zero-order chi connectivity index (χ0) is 17.6. The Morgan fingerprint density at radius 1 is 1.16 bits per heavy atom. The fraction of sp³-hybridized carbons (Fsp3) is 0.300. The third-order valence-corrected chi connectivity index (χ3v) is 4.21. The van der Waals surface area contributed by atoms with Gasteiger partial charge in [-0.1, -0.05) is 24.3 Å². The molecule has 1 fully saturated rings. The molecular weight excluding hydrogens is 316 g/mol. The van der Waals surface area contributed by atoms with Crippen LogP contribution in [0.5, 0.6) is 5.75 Å². The summed E-state index contributed by atoms with van der Waals surface area (Å²) in [6.07, 6.45) is 1.53. The van der Waals surface area contributed by atoms with Gasteiger partial charge in [-0.2, -0.15) is 0 Å². The van der Waals surface area contributed by atoms with E-state index in [-0.39, 0.29) is 11.8 Å². The van der Waals surface area contributed by atoms with Crippen molar-refractivity contribution in [3.63, 3.8) is 0 Å². The molecular formula is C20H22N2O3. The van der Waals surface area contributed by atoms with Crippen LogP contribution in [-0.4, -0.2) is 25.0 Å². The van der Waals surface area contributed by atoms with E-state index in [2.05, 4.69) is 5.32 Å². The molecule has 3 rings (SSSR count). The number of nitrogens with zero attached hydrogens (tertiary/aromatic N) is 1. The van der Waals surface area contributed by atoms with Gasteiger partial charge in [0.1, 0.15) is 5.75 Å². The van der Waals surface area contributed by atoms with Crippen LogP contribution in [0.3, 0.4) is 0 Å². The lowest BCUT2D eigenvalue weighted by Gasteiger charge is -2.16. The molecule has 2 aromatic carbocycles. The highest BCUT2D eigenvalue weighted by Gasteiger charge is 2.21. The van der Waals surface area contributed by atoms with Gasteiger partial charge in [0.25, 0.3) is 5.91 Å². The molecule has 5 nitrogen and oxygen atoms in total. The predicted molar refractivity (Wildman–Crippen MR) is 96.8 cm³/mol. The molecule has 0 bridgehead atoms. The Morgan fingerprint density at radius 2 is 1.92 bits per heavy atom. The lowest BCUT2D eigenvalue weighted by atomic mass is 10.1. The van der Waals surface area contributed by atoms with Crippen LogP contribution < -0.4 is 15.0 Å². The van der Waals surface area contributed by atoms with Crippen LogP contribution >= 0.6 is 0 Å². The zero-order valence-electron chi connectivity index (χ0n) is 14.3. The number of hydrogen-bond donors (Lipinski definition) is 1. The summed E-state index contributed by atoms with van der Waals surface area (Å²) in [7, 11) is 0. The van der Waals surface area contributed by atoms with E-state index in [1.54, 1.807) is 17.0 Å². The minimum absolute atomic E-state index is 0.164. The Balaban J connectivity index is 1.62. The quantitative estimate of drug-likeness (QED) is 0.880. The molecule has 0 atom stereocenters. The van der Waals surface area contributed by atoms with Crippen LogP contribution in [0.2, 0.25) is 0 Å². The molecule has 1 heterocycles. The maximum Gasteiger partial charge on any atom is 0.255 e. The van der Waals surface area contributed by atoms with E-state index in [9.17, 15) is 9.59 Å². The molecule has 25 heavy (non-hydrogen) atoms. The summed E-state index contributed by atoms with van der Waals surface area (Å²) in [5, 5.41) is 2.91. The zero-order valence-corrected chi connectivity index (χ0v) is 14.3. The molecule has 0 aromatic heterocycles. The van der Waals surface area contributed by atoms with E-state index in [4.69, 9.17) is 4.74 Å². The van der Waals surface area contributed by atoms with E-state index in [1.807, 2.05) is 43.3 Å². The van der Waals surface area contributed by atoms with Gasteiger partial charge in [-0.15, -0.1) is 0 Å². The first-order valence-corrected chi connectivity index (χ1v) is 8.58. The fourth-order valence-corrected chi connectivity index (χ4v) is 2.93. The number of carbonyl (C=O) groups is 2. The average molecular weight is 338 g/mol. The van der Waals surface area contributed by atoms with E-state index < -0.39 is 0 Å². The summed E-state index contributed by atoms with van der Waals surface area (Å²) in [6.45, 7) is 3.61. The highest BCUT2D eigenvalue weighted by molar-refractivity contribution is 5.97. The van der Waals surface area contributed by atoms with Crippen molar-refractivity contribution in [3.05, 3.63) is 59.7 Å². The summed E-state index contributed by atoms with van der Waals surface area (Å²) in [5.41, 5.74) is 2.43. The first-order chi connectivity index (χ1) is 12.2. The van der Waals surface area contributed by atoms with Crippen molar-refractivity contribution in [2.75, 3.05) is 18.1 Å². The number of anilines is 1. The molecule has 1 aliphatic heterocycles. The van der Waals surface area contributed by atoms with Gasteiger partial charge in [-0.05, 0) is 43.2 Å². The first kappa shape index (κ1) is 17.0. The molecule has 0 spiro atoms. The smallest absolute Gasteiger partial charge is 0.255 e. The maximum atomic E-state index is 12.4. The summed E-state index contributed by atoms with van der Waals surface area (Å²) in [4.78, 5) is 26.0. The molecule has 130 valence electrons. The highest BCUT2D eigenvalue weighted by atomic mass is 16.5. The van der Waals surface area contributed by atoms with Gasteiger partial charge in [0.2, 0.25) is 5.91 Å². The van der Waals surface area contributed by atoms with Gasteiger partial charge in [-0.3, -0.25) is 9.59 Å².